The van der Waals surface area contributed by atoms with Gasteiger partial charge in [0.05, 0.1) is 12.7 Å². The number of rotatable bonds is 9. The van der Waals surface area contributed by atoms with Crippen molar-refractivity contribution in [3.63, 3.8) is 0 Å². The number of β-amino-alcohol motifs (C(OH)–C–C–N with tert-alkyl or cyclic N) is 1. The van der Waals surface area contributed by atoms with Crippen LogP contribution in [0.25, 0.3) is 0 Å². The van der Waals surface area contributed by atoms with Gasteiger partial charge in [-0.3, -0.25) is 4.90 Å². The maximum atomic E-state index is 10.4. The molecule has 2 unspecified atom stereocenters. The zero-order valence-electron chi connectivity index (χ0n) is 13.7. The number of aliphatic hydroxyl groups excluding tert-OH is 1. The van der Waals surface area contributed by atoms with E-state index >= 15 is 0 Å². The molecule has 1 saturated carbocycles. The average molecular weight is 298 g/mol. The molecule has 0 radical (unpaired) electrons. The van der Waals surface area contributed by atoms with E-state index in [2.05, 4.69) is 10.2 Å². The first-order valence-electron chi connectivity index (χ1n) is 8.91. The number of likely N-dealkylation sites (tertiary alicyclic amines) is 1. The predicted octanol–water partition coefficient (Wildman–Crippen LogP) is 2.02. The van der Waals surface area contributed by atoms with E-state index in [9.17, 15) is 5.11 Å². The van der Waals surface area contributed by atoms with Crippen molar-refractivity contribution in [1.82, 2.24) is 10.2 Å². The van der Waals surface area contributed by atoms with Crippen LogP contribution >= 0.6 is 0 Å². The Morgan fingerprint density at radius 2 is 1.95 bits per heavy atom. The van der Waals surface area contributed by atoms with Crippen molar-refractivity contribution >= 4 is 0 Å². The molecule has 1 aliphatic heterocycles. The number of hydrogen-bond donors (Lipinski definition) is 2. The molecular formula is C17H34N2O2. The van der Waals surface area contributed by atoms with Gasteiger partial charge >= 0.3 is 0 Å². The molecule has 0 bridgehead atoms. The lowest BCUT2D eigenvalue weighted by Gasteiger charge is -2.37. The third kappa shape index (κ3) is 6.23. The standard InChI is InChI=1S/C17H34N2O2/c1-21-11-9-18-13-16-8-4-5-10-19(16)14-17(20)12-15-6-2-3-7-15/h15-18,20H,2-14H2,1H3. The number of piperidine rings is 1. The van der Waals surface area contributed by atoms with E-state index in [0.717, 1.165) is 45.1 Å². The monoisotopic (exact) mass is 298 g/mol. The predicted molar refractivity (Wildman–Crippen MR) is 86.5 cm³/mol. The molecule has 124 valence electrons. The number of nitrogens with one attached hydrogen (secondary N) is 1. The van der Waals surface area contributed by atoms with Gasteiger partial charge in [0.2, 0.25) is 0 Å². The Kier molecular flexibility index (Phi) is 8.01. The molecule has 0 amide bonds. The van der Waals surface area contributed by atoms with Crippen LogP contribution in [-0.4, -0.2) is 62.0 Å². The van der Waals surface area contributed by atoms with E-state index in [1.807, 2.05) is 0 Å². The van der Waals surface area contributed by atoms with Crippen LogP contribution in [0.4, 0.5) is 0 Å². The van der Waals surface area contributed by atoms with Crippen LogP contribution in [-0.2, 0) is 4.74 Å². The van der Waals surface area contributed by atoms with Crippen molar-refractivity contribution in [3.05, 3.63) is 0 Å². The van der Waals surface area contributed by atoms with Gasteiger partial charge in [-0.2, -0.15) is 0 Å². The Morgan fingerprint density at radius 3 is 2.71 bits per heavy atom. The molecular weight excluding hydrogens is 264 g/mol. The lowest BCUT2D eigenvalue weighted by Crippen LogP contribution is -2.48. The molecule has 21 heavy (non-hydrogen) atoms. The normalized spacial score (nSPS) is 26.3. The minimum absolute atomic E-state index is 0.132. The van der Waals surface area contributed by atoms with Gasteiger partial charge in [-0.1, -0.05) is 32.1 Å². The summed E-state index contributed by atoms with van der Waals surface area (Å²) in [4.78, 5) is 2.52. The molecule has 2 fully saturated rings. The first-order valence-corrected chi connectivity index (χ1v) is 8.91. The van der Waals surface area contributed by atoms with Crippen molar-refractivity contribution < 1.29 is 9.84 Å². The minimum atomic E-state index is -0.132. The molecule has 2 rings (SSSR count). The van der Waals surface area contributed by atoms with Gasteiger partial charge in [0.1, 0.15) is 0 Å². The van der Waals surface area contributed by atoms with E-state index in [4.69, 9.17) is 4.74 Å². The number of hydrogen-bond acceptors (Lipinski definition) is 4. The molecule has 1 aliphatic carbocycles. The van der Waals surface area contributed by atoms with Gasteiger partial charge in [0.25, 0.3) is 0 Å². The van der Waals surface area contributed by atoms with Gasteiger partial charge in [0, 0.05) is 32.8 Å². The Morgan fingerprint density at radius 1 is 1.19 bits per heavy atom. The van der Waals surface area contributed by atoms with Gasteiger partial charge in [0.15, 0.2) is 0 Å². The number of methoxy groups -OCH3 is 1. The summed E-state index contributed by atoms with van der Waals surface area (Å²) in [6, 6.07) is 0.592. The highest BCUT2D eigenvalue weighted by atomic mass is 16.5. The van der Waals surface area contributed by atoms with Crippen LogP contribution in [0.5, 0.6) is 0 Å². The largest absolute Gasteiger partial charge is 0.392 e. The second kappa shape index (κ2) is 9.78. The summed E-state index contributed by atoms with van der Waals surface area (Å²) in [5, 5.41) is 13.9. The minimum Gasteiger partial charge on any atom is -0.392 e. The molecule has 0 aromatic rings. The Labute approximate surface area is 130 Å². The third-order valence-electron chi connectivity index (χ3n) is 5.14. The van der Waals surface area contributed by atoms with Gasteiger partial charge in [-0.25, -0.2) is 0 Å². The molecule has 4 heteroatoms. The maximum Gasteiger partial charge on any atom is 0.0669 e. The molecule has 2 N–H and O–H groups in total. The average Bonchev–Trinajstić information content (AvgIpc) is 2.98. The number of ether oxygens (including phenoxy) is 1. The van der Waals surface area contributed by atoms with Crippen LogP contribution in [0.2, 0.25) is 0 Å². The van der Waals surface area contributed by atoms with Crippen molar-refractivity contribution in [3.8, 4) is 0 Å². The third-order valence-corrected chi connectivity index (χ3v) is 5.14. The Balaban J connectivity index is 1.69. The SMILES string of the molecule is COCCNCC1CCCCN1CC(O)CC1CCCC1. The summed E-state index contributed by atoms with van der Waals surface area (Å²) in [6.45, 7) is 4.74. The highest BCUT2D eigenvalue weighted by molar-refractivity contribution is 4.82. The summed E-state index contributed by atoms with van der Waals surface area (Å²) in [6.07, 6.45) is 10.2. The molecule has 1 saturated heterocycles. The van der Waals surface area contributed by atoms with E-state index in [-0.39, 0.29) is 6.10 Å². The highest BCUT2D eigenvalue weighted by Gasteiger charge is 2.26. The molecule has 0 spiro atoms. The zero-order chi connectivity index (χ0) is 14.9. The smallest absolute Gasteiger partial charge is 0.0669 e. The summed E-state index contributed by atoms with van der Waals surface area (Å²) in [5.41, 5.74) is 0. The van der Waals surface area contributed by atoms with Crippen molar-refractivity contribution in [2.45, 2.75) is 63.5 Å². The molecule has 4 nitrogen and oxygen atoms in total. The first-order chi connectivity index (χ1) is 10.3. The molecule has 0 aromatic heterocycles. The highest BCUT2D eigenvalue weighted by Crippen LogP contribution is 2.29. The van der Waals surface area contributed by atoms with Crippen molar-refractivity contribution in [1.29, 1.82) is 0 Å². The lowest BCUT2D eigenvalue weighted by molar-refractivity contribution is 0.0535. The van der Waals surface area contributed by atoms with E-state index in [1.54, 1.807) is 7.11 Å². The second-order valence-electron chi connectivity index (χ2n) is 6.88. The maximum absolute atomic E-state index is 10.4. The molecule has 0 aromatic carbocycles. The summed E-state index contributed by atoms with van der Waals surface area (Å²) in [7, 11) is 1.74. The van der Waals surface area contributed by atoms with Crippen LogP contribution in [0.15, 0.2) is 0 Å². The Bertz CT molecular complexity index is 270. The van der Waals surface area contributed by atoms with Gasteiger partial charge in [-0.15, -0.1) is 0 Å². The molecule has 1 heterocycles. The van der Waals surface area contributed by atoms with Crippen LogP contribution < -0.4 is 5.32 Å². The second-order valence-corrected chi connectivity index (χ2v) is 6.88. The lowest BCUT2D eigenvalue weighted by atomic mass is 9.97. The fraction of sp³-hybridized carbons (Fsp3) is 1.00. The fourth-order valence-electron chi connectivity index (χ4n) is 3.95. The Hall–Kier alpha value is -0.160. The topological polar surface area (TPSA) is 44.7 Å². The quantitative estimate of drug-likeness (QED) is 0.639. The van der Waals surface area contributed by atoms with Crippen LogP contribution in [0, 0.1) is 5.92 Å². The van der Waals surface area contributed by atoms with Crippen molar-refractivity contribution in [2.75, 3.05) is 39.9 Å². The number of nitrogens with zero attached hydrogens (tertiary/aromatic N) is 1. The first kappa shape index (κ1) is 17.2. The van der Waals surface area contributed by atoms with E-state index in [0.29, 0.717) is 6.04 Å². The summed E-state index contributed by atoms with van der Waals surface area (Å²) < 4.78 is 5.08. The van der Waals surface area contributed by atoms with Gasteiger partial charge in [-0.05, 0) is 31.7 Å². The summed E-state index contributed by atoms with van der Waals surface area (Å²) in [5.74, 6) is 0.781. The van der Waals surface area contributed by atoms with Crippen LogP contribution in [0.3, 0.4) is 0 Å². The van der Waals surface area contributed by atoms with Crippen molar-refractivity contribution in [2.24, 2.45) is 5.92 Å². The van der Waals surface area contributed by atoms with E-state index in [1.165, 1.54) is 44.9 Å². The van der Waals surface area contributed by atoms with Gasteiger partial charge < -0.3 is 15.2 Å². The summed E-state index contributed by atoms with van der Waals surface area (Å²) >= 11 is 0. The fourth-order valence-corrected chi connectivity index (χ4v) is 3.95. The number of aliphatic hydroxyl groups is 1. The molecule has 2 atom stereocenters. The van der Waals surface area contributed by atoms with E-state index < -0.39 is 0 Å². The molecule has 2 aliphatic rings. The van der Waals surface area contributed by atoms with Crippen LogP contribution in [0.1, 0.15) is 51.4 Å². The zero-order valence-corrected chi connectivity index (χ0v) is 13.7.